The van der Waals surface area contributed by atoms with Gasteiger partial charge in [-0.1, -0.05) is 13.0 Å². The first-order chi connectivity index (χ1) is 8.19. The highest BCUT2D eigenvalue weighted by atomic mass is 32.2. The summed E-state index contributed by atoms with van der Waals surface area (Å²) in [5.74, 6) is 1.98. The smallest absolute Gasteiger partial charge is 0.226 e. The summed E-state index contributed by atoms with van der Waals surface area (Å²) >= 11 is 1.62. The van der Waals surface area contributed by atoms with E-state index in [4.69, 9.17) is 10.2 Å². The fraction of sp³-hybridized carbons (Fsp3) is 0.333. The molecule has 4 nitrogen and oxygen atoms in total. The minimum atomic E-state index is 0.646. The number of thioether (sulfide) groups is 1. The minimum Gasteiger partial charge on any atom is -0.424 e. The second-order valence-electron chi connectivity index (χ2n) is 3.77. The molecule has 0 fully saturated rings. The van der Waals surface area contributed by atoms with E-state index in [1.54, 1.807) is 11.8 Å². The van der Waals surface area contributed by atoms with Crippen LogP contribution in [0.1, 0.15) is 24.3 Å². The Bertz CT molecular complexity index is 510. The van der Waals surface area contributed by atoms with Gasteiger partial charge in [-0.2, -0.15) is 0 Å². The highest BCUT2D eigenvalue weighted by molar-refractivity contribution is 7.98. The van der Waals surface area contributed by atoms with Crippen molar-refractivity contribution in [3.05, 3.63) is 35.5 Å². The lowest BCUT2D eigenvalue weighted by molar-refractivity contribution is 0.470. The van der Waals surface area contributed by atoms with Crippen molar-refractivity contribution >= 4 is 17.4 Å². The molecule has 0 unspecified atom stereocenters. The molecule has 2 aromatic rings. The lowest BCUT2D eigenvalue weighted by Crippen LogP contribution is -1.90. The van der Waals surface area contributed by atoms with E-state index in [0.29, 0.717) is 17.5 Å². The predicted molar refractivity (Wildman–Crippen MR) is 68.8 cm³/mol. The molecule has 0 spiro atoms. The predicted octanol–water partition coefficient (Wildman–Crippen LogP) is 2.81. The summed E-state index contributed by atoms with van der Waals surface area (Å²) in [6, 6.07) is 5.99. The Morgan fingerprint density at radius 2 is 2.06 bits per heavy atom. The number of nitrogens with zero attached hydrogens (tertiary/aromatic N) is 2. The van der Waals surface area contributed by atoms with Gasteiger partial charge in [0.2, 0.25) is 11.8 Å². The molecule has 0 saturated carbocycles. The van der Waals surface area contributed by atoms with Crippen LogP contribution in [-0.4, -0.2) is 10.2 Å². The normalized spacial score (nSPS) is 10.7. The van der Waals surface area contributed by atoms with Gasteiger partial charge >= 0.3 is 0 Å². The Labute approximate surface area is 105 Å². The largest absolute Gasteiger partial charge is 0.424 e. The van der Waals surface area contributed by atoms with Crippen LogP contribution in [0, 0.1) is 6.92 Å². The highest BCUT2D eigenvalue weighted by Crippen LogP contribution is 2.28. The third-order valence-corrected chi connectivity index (χ3v) is 3.39. The zero-order valence-electron chi connectivity index (χ0n) is 9.93. The Kier molecular flexibility index (Phi) is 3.68. The maximum absolute atomic E-state index is 5.90. The average Bonchev–Trinajstić information content (AvgIpc) is 2.78. The first-order valence-electron chi connectivity index (χ1n) is 5.49. The number of aromatic nitrogens is 2. The Hall–Kier alpha value is -1.49. The third-order valence-electron chi connectivity index (χ3n) is 2.33. The zero-order valence-corrected chi connectivity index (χ0v) is 10.8. The van der Waals surface area contributed by atoms with Crippen LogP contribution in [0.3, 0.4) is 0 Å². The molecular formula is C12H15N3OS. The van der Waals surface area contributed by atoms with Crippen LogP contribution in [0.15, 0.2) is 27.5 Å². The van der Waals surface area contributed by atoms with Crippen molar-refractivity contribution in [2.75, 3.05) is 5.73 Å². The SMILES string of the molecule is CCc1nnc(CSc2cc(C)ccc2N)o1. The summed E-state index contributed by atoms with van der Waals surface area (Å²) < 4.78 is 5.44. The molecule has 0 bridgehead atoms. The lowest BCUT2D eigenvalue weighted by atomic mass is 10.2. The second kappa shape index (κ2) is 5.23. The Morgan fingerprint density at radius 1 is 1.29 bits per heavy atom. The quantitative estimate of drug-likeness (QED) is 0.666. The van der Waals surface area contributed by atoms with E-state index in [2.05, 4.69) is 16.3 Å². The fourth-order valence-electron chi connectivity index (χ4n) is 1.40. The van der Waals surface area contributed by atoms with Gasteiger partial charge in [0.25, 0.3) is 0 Å². The second-order valence-corrected chi connectivity index (χ2v) is 4.79. The van der Waals surface area contributed by atoms with E-state index >= 15 is 0 Å². The van der Waals surface area contributed by atoms with Gasteiger partial charge in [-0.3, -0.25) is 0 Å². The molecule has 90 valence electrons. The molecule has 17 heavy (non-hydrogen) atoms. The number of rotatable bonds is 4. The van der Waals surface area contributed by atoms with E-state index in [1.807, 2.05) is 26.0 Å². The molecule has 2 rings (SSSR count). The van der Waals surface area contributed by atoms with E-state index in [9.17, 15) is 0 Å². The van der Waals surface area contributed by atoms with Gasteiger partial charge in [0.05, 0.1) is 5.75 Å². The summed E-state index contributed by atoms with van der Waals surface area (Å²) in [7, 11) is 0. The topological polar surface area (TPSA) is 64.9 Å². The van der Waals surface area contributed by atoms with Crippen LogP contribution in [0.4, 0.5) is 5.69 Å². The molecule has 1 heterocycles. The number of benzene rings is 1. The van der Waals surface area contributed by atoms with E-state index in [-0.39, 0.29) is 0 Å². The van der Waals surface area contributed by atoms with Crippen LogP contribution in [0.5, 0.6) is 0 Å². The van der Waals surface area contributed by atoms with Crippen molar-refractivity contribution in [1.29, 1.82) is 0 Å². The summed E-state index contributed by atoms with van der Waals surface area (Å²) in [5.41, 5.74) is 7.88. The fourth-order valence-corrected chi connectivity index (χ4v) is 2.30. The van der Waals surface area contributed by atoms with Crippen molar-refractivity contribution in [2.24, 2.45) is 0 Å². The summed E-state index contributed by atoms with van der Waals surface area (Å²) in [6.07, 6.45) is 0.768. The van der Waals surface area contributed by atoms with Crippen LogP contribution in [-0.2, 0) is 12.2 Å². The van der Waals surface area contributed by atoms with Gasteiger partial charge in [-0.15, -0.1) is 22.0 Å². The monoisotopic (exact) mass is 249 g/mol. The maximum atomic E-state index is 5.90. The number of hydrogen-bond acceptors (Lipinski definition) is 5. The third kappa shape index (κ3) is 3.00. The van der Waals surface area contributed by atoms with Gasteiger partial charge in [0.15, 0.2) is 0 Å². The van der Waals surface area contributed by atoms with Crippen LogP contribution < -0.4 is 5.73 Å². The van der Waals surface area contributed by atoms with Crippen molar-refractivity contribution < 1.29 is 4.42 Å². The Balaban J connectivity index is 2.04. The number of aryl methyl sites for hydroxylation is 2. The molecule has 0 atom stereocenters. The molecule has 0 radical (unpaired) electrons. The summed E-state index contributed by atoms with van der Waals surface area (Å²) in [5, 5.41) is 7.90. The molecule has 5 heteroatoms. The molecule has 0 saturated heterocycles. The van der Waals surface area contributed by atoms with Crippen molar-refractivity contribution in [3.63, 3.8) is 0 Å². The van der Waals surface area contributed by atoms with Crippen LogP contribution in [0.25, 0.3) is 0 Å². The number of nitrogens with two attached hydrogens (primary N) is 1. The van der Waals surface area contributed by atoms with Gasteiger partial charge in [0.1, 0.15) is 0 Å². The average molecular weight is 249 g/mol. The van der Waals surface area contributed by atoms with Crippen LogP contribution in [0.2, 0.25) is 0 Å². The van der Waals surface area contributed by atoms with Gasteiger partial charge in [-0.25, -0.2) is 0 Å². The van der Waals surface area contributed by atoms with Crippen molar-refractivity contribution in [1.82, 2.24) is 10.2 Å². The molecule has 2 N–H and O–H groups in total. The highest BCUT2D eigenvalue weighted by Gasteiger charge is 2.06. The van der Waals surface area contributed by atoms with Gasteiger partial charge < -0.3 is 10.2 Å². The molecule has 1 aromatic carbocycles. The van der Waals surface area contributed by atoms with Crippen molar-refractivity contribution in [2.45, 2.75) is 30.9 Å². The summed E-state index contributed by atoms with van der Waals surface area (Å²) in [6.45, 7) is 4.04. The van der Waals surface area contributed by atoms with E-state index in [0.717, 1.165) is 17.0 Å². The Morgan fingerprint density at radius 3 is 2.76 bits per heavy atom. The number of hydrogen-bond donors (Lipinski definition) is 1. The molecule has 0 amide bonds. The maximum Gasteiger partial charge on any atom is 0.226 e. The van der Waals surface area contributed by atoms with E-state index in [1.165, 1.54) is 5.56 Å². The minimum absolute atomic E-state index is 0.646. The number of anilines is 1. The van der Waals surface area contributed by atoms with Gasteiger partial charge in [-0.05, 0) is 24.6 Å². The summed E-state index contributed by atoms with van der Waals surface area (Å²) in [4.78, 5) is 1.06. The van der Waals surface area contributed by atoms with Gasteiger partial charge in [0, 0.05) is 17.0 Å². The number of nitrogen functional groups attached to an aromatic ring is 1. The van der Waals surface area contributed by atoms with E-state index < -0.39 is 0 Å². The molecule has 1 aromatic heterocycles. The molecule has 0 aliphatic rings. The zero-order chi connectivity index (χ0) is 12.3. The molecule has 0 aliphatic heterocycles. The molecular weight excluding hydrogens is 234 g/mol. The first-order valence-corrected chi connectivity index (χ1v) is 6.47. The van der Waals surface area contributed by atoms with Crippen molar-refractivity contribution in [3.8, 4) is 0 Å². The standard InChI is InChI=1S/C12H15N3OS/c1-3-11-14-15-12(16-11)7-17-10-6-8(2)4-5-9(10)13/h4-6H,3,7,13H2,1-2H3. The lowest BCUT2D eigenvalue weighted by Gasteiger charge is -2.04. The first kappa shape index (κ1) is 12.0. The molecule has 0 aliphatic carbocycles. The van der Waals surface area contributed by atoms with Crippen LogP contribution >= 0.6 is 11.8 Å².